The quantitative estimate of drug-likeness (QED) is 0.769. The Morgan fingerprint density at radius 2 is 2.16 bits per heavy atom. The van der Waals surface area contributed by atoms with E-state index in [0.717, 1.165) is 42.0 Å². The maximum atomic E-state index is 12.7. The molecule has 19 heavy (non-hydrogen) atoms. The largest absolute Gasteiger partial charge is 0.336 e. The van der Waals surface area contributed by atoms with Crippen molar-refractivity contribution in [3.05, 3.63) is 29.8 Å². The minimum atomic E-state index is 0.214. The zero-order valence-electron chi connectivity index (χ0n) is 11.9. The van der Waals surface area contributed by atoms with Crippen LogP contribution in [0, 0.1) is 0 Å². The van der Waals surface area contributed by atoms with Gasteiger partial charge in [0.2, 0.25) is 0 Å². The third kappa shape index (κ3) is 3.53. The van der Waals surface area contributed by atoms with Gasteiger partial charge < -0.3 is 4.90 Å². The molecule has 1 atom stereocenters. The number of rotatable bonds is 4. The molecular weight excluding hydrogens is 254 g/mol. The lowest BCUT2D eigenvalue weighted by Crippen LogP contribution is -2.42. The Hall–Kier alpha value is -0.960. The van der Waals surface area contributed by atoms with Crippen LogP contribution in [-0.2, 0) is 0 Å². The van der Waals surface area contributed by atoms with Crippen molar-refractivity contribution >= 4 is 17.7 Å². The van der Waals surface area contributed by atoms with Gasteiger partial charge in [0.25, 0.3) is 5.91 Å². The van der Waals surface area contributed by atoms with Crippen LogP contribution in [0.3, 0.4) is 0 Å². The number of hydrogen-bond donors (Lipinski definition) is 0. The van der Waals surface area contributed by atoms with Gasteiger partial charge in [0.05, 0.1) is 5.56 Å². The summed E-state index contributed by atoms with van der Waals surface area (Å²) >= 11 is 1.79. The van der Waals surface area contributed by atoms with Crippen molar-refractivity contribution in [1.82, 2.24) is 4.90 Å². The number of carbonyl (C=O) groups excluding carboxylic acids is 1. The Morgan fingerprint density at radius 1 is 1.37 bits per heavy atom. The van der Waals surface area contributed by atoms with E-state index in [0.29, 0.717) is 6.04 Å². The van der Waals surface area contributed by atoms with Crippen LogP contribution >= 0.6 is 11.8 Å². The number of carbonyl (C=O) groups is 1. The fourth-order valence-electron chi connectivity index (χ4n) is 2.54. The van der Waals surface area contributed by atoms with Crippen LogP contribution in [0.25, 0.3) is 0 Å². The van der Waals surface area contributed by atoms with E-state index in [2.05, 4.69) is 24.8 Å². The van der Waals surface area contributed by atoms with Crippen LogP contribution in [0.5, 0.6) is 0 Å². The molecule has 1 amide bonds. The SMILES string of the molecule is CCCSc1ccccc1C(=O)N1CCCC[C@@H]1C. The molecule has 1 fully saturated rings. The predicted octanol–water partition coefficient (Wildman–Crippen LogP) is 4.20. The third-order valence-corrected chi connectivity index (χ3v) is 4.92. The van der Waals surface area contributed by atoms with Crippen LogP contribution < -0.4 is 0 Å². The van der Waals surface area contributed by atoms with E-state index in [-0.39, 0.29) is 5.91 Å². The molecule has 0 radical (unpaired) electrons. The average molecular weight is 277 g/mol. The van der Waals surface area contributed by atoms with Gasteiger partial charge in [-0.1, -0.05) is 19.1 Å². The van der Waals surface area contributed by atoms with E-state index in [1.165, 1.54) is 6.42 Å². The first-order valence-electron chi connectivity index (χ1n) is 7.27. The van der Waals surface area contributed by atoms with Gasteiger partial charge in [-0.15, -0.1) is 11.8 Å². The summed E-state index contributed by atoms with van der Waals surface area (Å²) in [5.74, 6) is 1.28. The molecular formula is C16H23NOS. The van der Waals surface area contributed by atoms with Crippen LogP contribution in [0.4, 0.5) is 0 Å². The summed E-state index contributed by atoms with van der Waals surface area (Å²) in [5, 5.41) is 0. The second-order valence-electron chi connectivity index (χ2n) is 5.19. The topological polar surface area (TPSA) is 20.3 Å². The number of amides is 1. The van der Waals surface area contributed by atoms with Gasteiger partial charge in [-0.2, -0.15) is 0 Å². The summed E-state index contributed by atoms with van der Waals surface area (Å²) in [6, 6.07) is 8.42. The number of nitrogens with zero attached hydrogens (tertiary/aromatic N) is 1. The number of benzene rings is 1. The smallest absolute Gasteiger partial charge is 0.255 e. The van der Waals surface area contributed by atoms with Crippen molar-refractivity contribution < 1.29 is 4.79 Å². The molecule has 0 bridgehead atoms. The maximum Gasteiger partial charge on any atom is 0.255 e. The van der Waals surface area contributed by atoms with E-state index < -0.39 is 0 Å². The lowest BCUT2D eigenvalue weighted by Gasteiger charge is -2.33. The molecule has 0 N–H and O–H groups in total. The molecule has 1 saturated heterocycles. The van der Waals surface area contributed by atoms with Gasteiger partial charge in [-0.05, 0) is 50.5 Å². The second-order valence-corrected chi connectivity index (χ2v) is 6.32. The highest BCUT2D eigenvalue weighted by Gasteiger charge is 2.25. The predicted molar refractivity (Wildman–Crippen MR) is 81.8 cm³/mol. The maximum absolute atomic E-state index is 12.7. The summed E-state index contributed by atoms with van der Waals surface area (Å²) in [6.45, 7) is 5.25. The lowest BCUT2D eigenvalue weighted by atomic mass is 10.0. The average Bonchev–Trinajstić information content (AvgIpc) is 2.45. The van der Waals surface area contributed by atoms with Crippen molar-refractivity contribution in [2.45, 2.75) is 50.5 Å². The highest BCUT2D eigenvalue weighted by atomic mass is 32.2. The van der Waals surface area contributed by atoms with E-state index in [1.807, 2.05) is 18.2 Å². The Morgan fingerprint density at radius 3 is 2.89 bits per heavy atom. The molecule has 0 spiro atoms. The van der Waals surface area contributed by atoms with E-state index in [9.17, 15) is 4.79 Å². The Labute approximate surface area is 120 Å². The second kappa shape index (κ2) is 6.99. The van der Waals surface area contributed by atoms with Crippen LogP contribution in [-0.4, -0.2) is 29.1 Å². The molecule has 0 unspecified atom stereocenters. The molecule has 1 aliphatic heterocycles. The highest BCUT2D eigenvalue weighted by Crippen LogP contribution is 2.26. The van der Waals surface area contributed by atoms with Crippen molar-refractivity contribution in [3.63, 3.8) is 0 Å². The zero-order valence-corrected chi connectivity index (χ0v) is 12.7. The molecule has 2 nitrogen and oxygen atoms in total. The monoisotopic (exact) mass is 277 g/mol. The van der Waals surface area contributed by atoms with Crippen LogP contribution in [0.15, 0.2) is 29.2 Å². The first kappa shape index (κ1) is 14.4. The minimum absolute atomic E-state index is 0.214. The fourth-order valence-corrected chi connectivity index (χ4v) is 3.45. The van der Waals surface area contributed by atoms with Gasteiger partial charge in [0.15, 0.2) is 0 Å². The molecule has 2 rings (SSSR count). The molecule has 1 aliphatic rings. The summed E-state index contributed by atoms with van der Waals surface area (Å²) in [4.78, 5) is 15.9. The van der Waals surface area contributed by atoms with E-state index >= 15 is 0 Å². The Balaban J connectivity index is 2.17. The minimum Gasteiger partial charge on any atom is -0.336 e. The molecule has 0 aliphatic carbocycles. The zero-order chi connectivity index (χ0) is 13.7. The van der Waals surface area contributed by atoms with Gasteiger partial charge in [0.1, 0.15) is 0 Å². The summed E-state index contributed by atoms with van der Waals surface area (Å²) < 4.78 is 0. The first-order valence-corrected chi connectivity index (χ1v) is 8.25. The van der Waals surface area contributed by atoms with Crippen molar-refractivity contribution in [3.8, 4) is 0 Å². The summed E-state index contributed by atoms with van der Waals surface area (Å²) in [7, 11) is 0. The van der Waals surface area contributed by atoms with Gasteiger partial charge in [-0.25, -0.2) is 0 Å². The molecule has 104 valence electrons. The van der Waals surface area contributed by atoms with Crippen molar-refractivity contribution in [2.24, 2.45) is 0 Å². The van der Waals surface area contributed by atoms with Crippen molar-refractivity contribution in [2.75, 3.05) is 12.3 Å². The molecule has 0 saturated carbocycles. The normalized spacial score (nSPS) is 19.5. The summed E-state index contributed by atoms with van der Waals surface area (Å²) in [6.07, 6.45) is 4.65. The third-order valence-electron chi connectivity index (χ3n) is 3.64. The molecule has 3 heteroatoms. The number of piperidine rings is 1. The molecule has 1 aromatic rings. The van der Waals surface area contributed by atoms with Gasteiger partial charge >= 0.3 is 0 Å². The number of hydrogen-bond acceptors (Lipinski definition) is 2. The standard InChI is InChI=1S/C16H23NOS/c1-3-12-19-15-10-5-4-9-14(15)16(18)17-11-7-6-8-13(17)2/h4-5,9-10,13H,3,6-8,11-12H2,1-2H3/t13-/m0/s1. The van der Waals surface area contributed by atoms with E-state index in [4.69, 9.17) is 0 Å². The number of likely N-dealkylation sites (tertiary alicyclic amines) is 1. The van der Waals surface area contributed by atoms with Crippen LogP contribution in [0.2, 0.25) is 0 Å². The van der Waals surface area contributed by atoms with Crippen LogP contribution in [0.1, 0.15) is 49.9 Å². The molecule has 1 aromatic carbocycles. The summed E-state index contributed by atoms with van der Waals surface area (Å²) in [5.41, 5.74) is 0.884. The van der Waals surface area contributed by atoms with Crippen molar-refractivity contribution in [1.29, 1.82) is 0 Å². The van der Waals surface area contributed by atoms with Gasteiger partial charge in [-0.3, -0.25) is 4.79 Å². The number of thioether (sulfide) groups is 1. The fraction of sp³-hybridized carbons (Fsp3) is 0.562. The van der Waals surface area contributed by atoms with E-state index in [1.54, 1.807) is 11.8 Å². The molecule has 1 heterocycles. The first-order chi connectivity index (χ1) is 9.24. The van der Waals surface area contributed by atoms with Gasteiger partial charge in [0, 0.05) is 17.5 Å². The Bertz CT molecular complexity index is 433. The highest BCUT2D eigenvalue weighted by molar-refractivity contribution is 7.99. The lowest BCUT2D eigenvalue weighted by molar-refractivity contribution is 0.0632. The molecule has 0 aromatic heterocycles. The Kier molecular flexibility index (Phi) is 5.32.